The first-order chi connectivity index (χ1) is 9.76. The van der Waals surface area contributed by atoms with Gasteiger partial charge in [0, 0.05) is 33.9 Å². The average molecular weight is 284 g/mol. The summed E-state index contributed by atoms with van der Waals surface area (Å²) in [6, 6.07) is 0. The molecular weight excluding hydrogens is 252 g/mol. The lowest BCUT2D eigenvalue weighted by Gasteiger charge is -2.30. The Morgan fingerprint density at radius 1 is 1.20 bits per heavy atom. The predicted molar refractivity (Wildman–Crippen MR) is 85.3 cm³/mol. The highest BCUT2D eigenvalue weighted by Crippen LogP contribution is 2.15. The van der Waals surface area contributed by atoms with Crippen molar-refractivity contribution < 1.29 is 4.74 Å². The standard InChI is InChI=1S/C15H32N4O/c1-14-6-11-19(12-7-14)10-4-8-17-15(16-2)18-9-5-13-20-3/h14H,4-13H2,1-3H3,(H2,16,17,18). The number of aliphatic imine (C=N–C) groups is 1. The number of nitrogens with one attached hydrogen (secondary N) is 2. The normalized spacial score (nSPS) is 18.2. The minimum Gasteiger partial charge on any atom is -0.385 e. The van der Waals surface area contributed by atoms with Crippen LogP contribution in [0.5, 0.6) is 0 Å². The van der Waals surface area contributed by atoms with E-state index in [1.54, 1.807) is 7.11 Å². The number of methoxy groups -OCH3 is 1. The molecule has 1 rings (SSSR count). The zero-order valence-electron chi connectivity index (χ0n) is 13.5. The Morgan fingerprint density at radius 2 is 1.85 bits per heavy atom. The van der Waals surface area contributed by atoms with Gasteiger partial charge in [-0.3, -0.25) is 4.99 Å². The fourth-order valence-corrected chi connectivity index (χ4v) is 2.44. The number of ether oxygens (including phenoxy) is 1. The molecule has 2 N–H and O–H groups in total. The van der Waals surface area contributed by atoms with Crippen molar-refractivity contribution in [2.24, 2.45) is 10.9 Å². The monoisotopic (exact) mass is 284 g/mol. The lowest BCUT2D eigenvalue weighted by Crippen LogP contribution is -2.40. The van der Waals surface area contributed by atoms with E-state index in [0.717, 1.165) is 38.0 Å². The summed E-state index contributed by atoms with van der Waals surface area (Å²) in [5, 5.41) is 6.66. The molecule has 1 fully saturated rings. The molecule has 1 heterocycles. The van der Waals surface area contributed by atoms with Crippen LogP contribution in [0.25, 0.3) is 0 Å². The van der Waals surface area contributed by atoms with Crippen LogP contribution in [0.2, 0.25) is 0 Å². The van der Waals surface area contributed by atoms with E-state index in [-0.39, 0.29) is 0 Å². The molecule has 5 heteroatoms. The number of rotatable bonds is 8. The maximum absolute atomic E-state index is 5.02. The van der Waals surface area contributed by atoms with E-state index in [0.29, 0.717) is 0 Å². The van der Waals surface area contributed by atoms with Gasteiger partial charge in [0.05, 0.1) is 0 Å². The van der Waals surface area contributed by atoms with Gasteiger partial charge in [-0.1, -0.05) is 6.92 Å². The molecule has 0 radical (unpaired) electrons. The molecular formula is C15H32N4O. The summed E-state index contributed by atoms with van der Waals surface area (Å²) in [4.78, 5) is 6.80. The number of piperidine rings is 1. The smallest absolute Gasteiger partial charge is 0.190 e. The van der Waals surface area contributed by atoms with E-state index < -0.39 is 0 Å². The van der Waals surface area contributed by atoms with Crippen molar-refractivity contribution in [3.05, 3.63) is 0 Å². The van der Waals surface area contributed by atoms with Crippen LogP contribution in [-0.2, 0) is 4.74 Å². The second kappa shape index (κ2) is 10.9. The molecule has 1 aliphatic rings. The van der Waals surface area contributed by atoms with Gasteiger partial charge >= 0.3 is 0 Å². The Hall–Kier alpha value is -0.810. The summed E-state index contributed by atoms with van der Waals surface area (Å²) in [7, 11) is 3.55. The largest absolute Gasteiger partial charge is 0.385 e. The minimum absolute atomic E-state index is 0.789. The van der Waals surface area contributed by atoms with Crippen LogP contribution in [0.15, 0.2) is 4.99 Å². The summed E-state index contributed by atoms with van der Waals surface area (Å²) in [6.45, 7) is 8.76. The minimum atomic E-state index is 0.789. The van der Waals surface area contributed by atoms with Crippen molar-refractivity contribution in [1.82, 2.24) is 15.5 Å². The van der Waals surface area contributed by atoms with Crippen LogP contribution >= 0.6 is 0 Å². The Kier molecular flexibility index (Phi) is 9.41. The third-order valence-electron chi connectivity index (χ3n) is 3.86. The fourth-order valence-electron chi connectivity index (χ4n) is 2.44. The first-order valence-electron chi connectivity index (χ1n) is 7.92. The molecule has 5 nitrogen and oxygen atoms in total. The van der Waals surface area contributed by atoms with Crippen molar-refractivity contribution >= 4 is 5.96 Å². The molecule has 20 heavy (non-hydrogen) atoms. The number of nitrogens with zero attached hydrogens (tertiary/aromatic N) is 2. The SMILES string of the molecule is CN=C(NCCCOC)NCCCN1CCC(C)CC1. The molecule has 0 amide bonds. The molecule has 1 saturated heterocycles. The predicted octanol–water partition coefficient (Wildman–Crippen LogP) is 1.31. The highest BCUT2D eigenvalue weighted by molar-refractivity contribution is 5.79. The van der Waals surface area contributed by atoms with Gasteiger partial charge < -0.3 is 20.3 Å². The van der Waals surface area contributed by atoms with Gasteiger partial charge in [-0.05, 0) is 51.2 Å². The Labute approximate surface area is 124 Å². The highest BCUT2D eigenvalue weighted by Gasteiger charge is 2.14. The molecule has 0 aliphatic carbocycles. The van der Waals surface area contributed by atoms with Crippen molar-refractivity contribution in [2.45, 2.75) is 32.6 Å². The molecule has 0 atom stereocenters. The van der Waals surface area contributed by atoms with Gasteiger partial charge in [-0.15, -0.1) is 0 Å². The van der Waals surface area contributed by atoms with Crippen LogP contribution in [0.3, 0.4) is 0 Å². The zero-order chi connectivity index (χ0) is 14.6. The Morgan fingerprint density at radius 3 is 2.45 bits per heavy atom. The van der Waals surface area contributed by atoms with Crippen LogP contribution in [-0.4, -0.2) is 64.3 Å². The molecule has 0 aromatic heterocycles. The van der Waals surface area contributed by atoms with Crippen LogP contribution in [0.4, 0.5) is 0 Å². The molecule has 1 aliphatic heterocycles. The van der Waals surface area contributed by atoms with Gasteiger partial charge in [0.15, 0.2) is 5.96 Å². The molecule has 0 spiro atoms. The second-order valence-electron chi connectivity index (χ2n) is 5.65. The summed E-state index contributed by atoms with van der Waals surface area (Å²) < 4.78 is 5.02. The number of likely N-dealkylation sites (tertiary alicyclic amines) is 1. The van der Waals surface area contributed by atoms with Crippen molar-refractivity contribution in [3.63, 3.8) is 0 Å². The van der Waals surface area contributed by atoms with Crippen LogP contribution < -0.4 is 10.6 Å². The van der Waals surface area contributed by atoms with Crippen molar-refractivity contribution in [3.8, 4) is 0 Å². The molecule has 0 saturated carbocycles. The first kappa shape index (κ1) is 17.2. The van der Waals surface area contributed by atoms with Gasteiger partial charge in [-0.25, -0.2) is 0 Å². The molecule has 0 unspecified atom stereocenters. The summed E-state index contributed by atoms with van der Waals surface area (Å²) >= 11 is 0. The van der Waals surface area contributed by atoms with E-state index in [4.69, 9.17) is 4.74 Å². The lowest BCUT2D eigenvalue weighted by atomic mass is 9.99. The van der Waals surface area contributed by atoms with E-state index in [1.165, 1.54) is 38.9 Å². The van der Waals surface area contributed by atoms with Gasteiger partial charge in [0.25, 0.3) is 0 Å². The quantitative estimate of drug-likeness (QED) is 0.401. The third-order valence-corrected chi connectivity index (χ3v) is 3.86. The average Bonchev–Trinajstić information content (AvgIpc) is 2.47. The fraction of sp³-hybridized carbons (Fsp3) is 0.933. The zero-order valence-corrected chi connectivity index (χ0v) is 13.5. The topological polar surface area (TPSA) is 48.9 Å². The Balaban J connectivity index is 2.01. The lowest BCUT2D eigenvalue weighted by molar-refractivity contribution is 0.191. The van der Waals surface area contributed by atoms with E-state index in [9.17, 15) is 0 Å². The molecule has 0 bridgehead atoms. The summed E-state index contributed by atoms with van der Waals surface area (Å²) in [5.74, 6) is 1.81. The third kappa shape index (κ3) is 7.70. The van der Waals surface area contributed by atoms with E-state index in [1.807, 2.05) is 7.05 Å². The molecule has 0 aromatic rings. The molecule has 118 valence electrons. The van der Waals surface area contributed by atoms with Crippen molar-refractivity contribution in [1.29, 1.82) is 0 Å². The van der Waals surface area contributed by atoms with Crippen LogP contribution in [0, 0.1) is 5.92 Å². The van der Waals surface area contributed by atoms with E-state index in [2.05, 4.69) is 27.4 Å². The van der Waals surface area contributed by atoms with Gasteiger partial charge in [0.1, 0.15) is 0 Å². The number of guanidine groups is 1. The Bertz CT molecular complexity index is 263. The van der Waals surface area contributed by atoms with Gasteiger partial charge in [0.2, 0.25) is 0 Å². The highest BCUT2D eigenvalue weighted by atomic mass is 16.5. The maximum atomic E-state index is 5.02. The number of hydrogen-bond acceptors (Lipinski definition) is 3. The maximum Gasteiger partial charge on any atom is 0.190 e. The van der Waals surface area contributed by atoms with Crippen molar-refractivity contribution in [2.75, 3.05) is 53.5 Å². The summed E-state index contributed by atoms with van der Waals surface area (Å²) in [5.41, 5.74) is 0. The van der Waals surface area contributed by atoms with Crippen LogP contribution in [0.1, 0.15) is 32.6 Å². The second-order valence-corrected chi connectivity index (χ2v) is 5.65. The number of hydrogen-bond donors (Lipinski definition) is 2. The summed E-state index contributed by atoms with van der Waals surface area (Å²) in [6.07, 6.45) is 4.89. The van der Waals surface area contributed by atoms with Gasteiger partial charge in [-0.2, -0.15) is 0 Å². The van der Waals surface area contributed by atoms with E-state index >= 15 is 0 Å². The molecule has 0 aromatic carbocycles. The first-order valence-corrected chi connectivity index (χ1v) is 7.92.